The second-order valence-corrected chi connectivity index (χ2v) is 18.5. The highest BCUT2D eigenvalue weighted by molar-refractivity contribution is 7.91. The number of carbonyl (C=O) groups excluding carboxylic acids is 4. The van der Waals surface area contributed by atoms with E-state index in [9.17, 15) is 27.6 Å². The summed E-state index contributed by atoms with van der Waals surface area (Å²) in [7, 11) is -2.32. The van der Waals surface area contributed by atoms with Crippen LogP contribution in [-0.4, -0.2) is 113 Å². The van der Waals surface area contributed by atoms with Crippen molar-refractivity contribution >= 4 is 45.2 Å². The predicted molar refractivity (Wildman–Crippen MR) is 211 cm³/mol. The van der Waals surface area contributed by atoms with Crippen LogP contribution >= 0.6 is 11.3 Å². The van der Waals surface area contributed by atoms with E-state index in [2.05, 4.69) is 20.3 Å². The number of carbonyl (C=O) groups is 4. The standard InChI is InChI=1S/C39H48N8O9S2/c1-54-27-11-9-24(10-12-27)32-33(35-40-17-20-57-35)44-47(43-32)26-21-31-34(48)42-39(37(50)45-58(52,53)29-13-14-29)22-25(39)7-5-3-2-4-6-8-30(36(49)46(31)23-26)41-38(51)56-28-15-18-55-19-16-28/h5,7,9-12,17,20,25-26,28-31H,2-4,6,8,13-16,18-19,21-23H2,1H3,(H,41,51)(H,42,48)(H,45,50)/b7-5+/t25-,26-,30-,31+,39-/m1/s1. The molecular formula is C39H48N8O9S2. The molecule has 17 nitrogen and oxygen atoms in total. The van der Waals surface area contributed by atoms with Gasteiger partial charge in [-0.25, -0.2) is 18.2 Å². The lowest BCUT2D eigenvalue weighted by Gasteiger charge is -2.30. The Balaban J connectivity index is 1.12. The maximum absolute atomic E-state index is 14.7. The van der Waals surface area contributed by atoms with Crippen LogP contribution in [0.4, 0.5) is 4.79 Å². The van der Waals surface area contributed by atoms with Crippen molar-refractivity contribution in [2.75, 3.05) is 26.9 Å². The van der Waals surface area contributed by atoms with Crippen molar-refractivity contribution in [1.29, 1.82) is 0 Å². The number of hydrogen-bond acceptors (Lipinski definition) is 13. The molecule has 8 rings (SSSR count). The number of nitrogens with one attached hydrogen (secondary N) is 3. The summed E-state index contributed by atoms with van der Waals surface area (Å²) in [5.41, 5.74) is 0.314. The van der Waals surface area contributed by atoms with E-state index in [1.807, 2.05) is 41.8 Å². The Morgan fingerprint density at radius 1 is 1.02 bits per heavy atom. The lowest BCUT2D eigenvalue weighted by atomic mass is 10.0. The Kier molecular flexibility index (Phi) is 11.5. The topological polar surface area (TPSA) is 213 Å². The zero-order valence-electron chi connectivity index (χ0n) is 32.2. The van der Waals surface area contributed by atoms with Crippen molar-refractivity contribution < 1.29 is 41.8 Å². The summed E-state index contributed by atoms with van der Waals surface area (Å²) in [6, 6.07) is 4.63. The quantitative estimate of drug-likeness (QED) is 0.265. The largest absolute Gasteiger partial charge is 0.497 e. The van der Waals surface area contributed by atoms with Gasteiger partial charge in [-0.3, -0.25) is 19.1 Å². The van der Waals surface area contributed by atoms with E-state index in [0.717, 1.165) is 18.4 Å². The third kappa shape index (κ3) is 8.61. The van der Waals surface area contributed by atoms with Crippen LogP contribution in [0.2, 0.25) is 0 Å². The monoisotopic (exact) mass is 836 g/mol. The number of hydrogen-bond donors (Lipinski definition) is 3. The van der Waals surface area contributed by atoms with Gasteiger partial charge in [0.05, 0.1) is 31.6 Å². The van der Waals surface area contributed by atoms with Crippen LogP contribution in [0.15, 0.2) is 48.0 Å². The Morgan fingerprint density at radius 3 is 2.52 bits per heavy atom. The molecule has 4 fully saturated rings. The van der Waals surface area contributed by atoms with Crippen molar-refractivity contribution in [2.24, 2.45) is 5.92 Å². The second-order valence-electron chi connectivity index (χ2n) is 15.6. The van der Waals surface area contributed by atoms with Gasteiger partial charge in [-0.2, -0.15) is 9.90 Å². The van der Waals surface area contributed by atoms with Crippen LogP contribution in [0.1, 0.15) is 76.7 Å². The number of nitrogens with zero attached hydrogens (tertiary/aromatic N) is 5. The highest BCUT2D eigenvalue weighted by Crippen LogP contribution is 2.46. The third-order valence-corrected chi connectivity index (χ3v) is 14.1. The van der Waals surface area contributed by atoms with E-state index in [1.54, 1.807) is 13.3 Å². The molecule has 5 atom stereocenters. The summed E-state index contributed by atoms with van der Waals surface area (Å²) in [4.78, 5) is 63.9. The van der Waals surface area contributed by atoms with Gasteiger partial charge in [0.1, 0.15) is 45.9 Å². The molecule has 2 saturated carbocycles. The van der Waals surface area contributed by atoms with E-state index in [1.165, 1.54) is 21.0 Å². The number of aromatic nitrogens is 4. The first-order chi connectivity index (χ1) is 28.0. The number of benzene rings is 1. The molecule has 19 heteroatoms. The molecule has 3 aliphatic heterocycles. The average Bonchev–Trinajstić information content (AvgIpc) is 3.97. The van der Waals surface area contributed by atoms with Gasteiger partial charge in [-0.15, -0.1) is 16.4 Å². The van der Waals surface area contributed by atoms with E-state index < -0.39 is 68.7 Å². The van der Waals surface area contributed by atoms with Gasteiger partial charge in [0.15, 0.2) is 0 Å². The maximum Gasteiger partial charge on any atom is 0.408 e. The van der Waals surface area contributed by atoms with Gasteiger partial charge in [0.2, 0.25) is 21.8 Å². The first-order valence-electron chi connectivity index (χ1n) is 20.0. The SMILES string of the molecule is COc1ccc(-c2nn([C@@H]3C[C@H]4C(=O)N[C@]5(C(=O)NS(=O)(=O)C6CC6)C[C@H]5/C=C/CCCCC[C@@H](NC(=O)OC5CCOCC5)C(=O)N4C3)nc2-c2nccs2)cc1. The Labute approximate surface area is 340 Å². The normalized spacial score (nSPS) is 27.6. The molecule has 58 heavy (non-hydrogen) atoms. The number of sulfonamides is 1. The molecule has 2 aromatic heterocycles. The molecule has 0 radical (unpaired) electrons. The van der Waals surface area contributed by atoms with Gasteiger partial charge in [0.25, 0.3) is 5.91 Å². The van der Waals surface area contributed by atoms with E-state index >= 15 is 0 Å². The fraction of sp³-hybridized carbons (Fsp3) is 0.564. The number of alkyl carbamates (subject to hydrolysis) is 1. The number of ether oxygens (including phenoxy) is 3. The van der Waals surface area contributed by atoms with Crippen molar-refractivity contribution in [2.45, 2.75) is 106 Å². The van der Waals surface area contributed by atoms with Crippen LogP contribution in [0, 0.1) is 5.92 Å². The summed E-state index contributed by atoms with van der Waals surface area (Å²) in [6.07, 6.45) is 9.91. The zero-order chi connectivity index (χ0) is 40.4. The molecule has 5 heterocycles. The second kappa shape index (κ2) is 16.8. The van der Waals surface area contributed by atoms with Crippen molar-refractivity contribution in [3.05, 3.63) is 48.0 Å². The van der Waals surface area contributed by atoms with Crippen LogP contribution in [0.5, 0.6) is 5.75 Å². The van der Waals surface area contributed by atoms with Gasteiger partial charge in [0, 0.05) is 48.9 Å². The molecule has 310 valence electrons. The third-order valence-electron chi connectivity index (χ3n) is 11.5. The minimum Gasteiger partial charge on any atom is -0.497 e. The van der Waals surface area contributed by atoms with Gasteiger partial charge in [-0.1, -0.05) is 25.0 Å². The van der Waals surface area contributed by atoms with Crippen LogP contribution in [0.25, 0.3) is 22.0 Å². The molecule has 4 amide bonds. The predicted octanol–water partition coefficient (Wildman–Crippen LogP) is 3.50. The highest BCUT2D eigenvalue weighted by atomic mass is 32.2. The Bertz CT molecular complexity index is 2130. The molecular weight excluding hydrogens is 789 g/mol. The van der Waals surface area contributed by atoms with Gasteiger partial charge < -0.3 is 29.7 Å². The van der Waals surface area contributed by atoms with Crippen LogP contribution < -0.4 is 20.1 Å². The maximum atomic E-state index is 14.7. The van der Waals surface area contributed by atoms with E-state index in [4.69, 9.17) is 24.4 Å². The fourth-order valence-corrected chi connectivity index (χ4v) is 9.97. The molecule has 3 aromatic rings. The van der Waals surface area contributed by atoms with Gasteiger partial charge >= 0.3 is 6.09 Å². The van der Waals surface area contributed by atoms with Crippen molar-refractivity contribution in [3.63, 3.8) is 0 Å². The summed E-state index contributed by atoms with van der Waals surface area (Å²) in [6.45, 7) is 0.954. The number of thiazole rings is 1. The first kappa shape index (κ1) is 39.9. The summed E-state index contributed by atoms with van der Waals surface area (Å²) >= 11 is 1.40. The number of amides is 4. The average molecular weight is 837 g/mol. The molecule has 0 bridgehead atoms. The Morgan fingerprint density at radius 2 is 1.79 bits per heavy atom. The molecule has 0 spiro atoms. The van der Waals surface area contributed by atoms with Gasteiger partial charge in [-0.05, 0) is 62.8 Å². The minimum atomic E-state index is -3.91. The molecule has 3 N–H and O–H groups in total. The molecule has 0 unspecified atom stereocenters. The molecule has 2 saturated heterocycles. The molecule has 1 aromatic carbocycles. The highest BCUT2D eigenvalue weighted by Gasteiger charge is 2.62. The first-order valence-corrected chi connectivity index (χ1v) is 22.4. The van der Waals surface area contributed by atoms with E-state index in [-0.39, 0.29) is 25.5 Å². The number of allylic oxidation sites excluding steroid dienone is 1. The van der Waals surface area contributed by atoms with Crippen LogP contribution in [0.3, 0.4) is 0 Å². The number of methoxy groups -OCH3 is 1. The van der Waals surface area contributed by atoms with E-state index in [0.29, 0.717) is 80.3 Å². The summed E-state index contributed by atoms with van der Waals surface area (Å²) < 4.78 is 44.5. The summed E-state index contributed by atoms with van der Waals surface area (Å²) in [5, 5.41) is 17.4. The van der Waals surface area contributed by atoms with Crippen molar-refractivity contribution in [3.8, 4) is 27.7 Å². The summed E-state index contributed by atoms with van der Waals surface area (Å²) in [5.74, 6) is -1.66. The minimum absolute atomic E-state index is 0.0107. The molecule has 2 aliphatic carbocycles. The molecule has 5 aliphatic rings. The fourth-order valence-electron chi connectivity index (χ4n) is 7.98. The number of rotatable bonds is 9. The van der Waals surface area contributed by atoms with Crippen molar-refractivity contribution in [1.82, 2.24) is 40.2 Å². The number of fused-ring (bicyclic) bond motifs is 2. The zero-order valence-corrected chi connectivity index (χ0v) is 33.8. The smallest absolute Gasteiger partial charge is 0.408 e. The van der Waals surface area contributed by atoms with Crippen LogP contribution in [-0.2, 0) is 33.9 Å². The Hall–Kier alpha value is -4.88. The lowest BCUT2D eigenvalue weighted by Crippen LogP contribution is -2.58. The lowest BCUT2D eigenvalue weighted by molar-refractivity contribution is -0.141.